The highest BCUT2D eigenvalue weighted by molar-refractivity contribution is 7.98. The molecule has 1 aliphatic rings. The lowest BCUT2D eigenvalue weighted by atomic mass is 10.1. The van der Waals surface area contributed by atoms with Crippen LogP contribution < -0.4 is 10.6 Å². The summed E-state index contributed by atoms with van der Waals surface area (Å²) in [6.07, 6.45) is 3.33. The molecule has 0 spiro atoms. The van der Waals surface area contributed by atoms with E-state index in [1.807, 2.05) is 11.8 Å². The van der Waals surface area contributed by atoms with Gasteiger partial charge in [0.05, 0.1) is 13.2 Å². The molecule has 1 heterocycles. The molecule has 4 heteroatoms. The van der Waals surface area contributed by atoms with Gasteiger partial charge >= 0.3 is 0 Å². The zero-order valence-electron chi connectivity index (χ0n) is 10.8. The van der Waals surface area contributed by atoms with Gasteiger partial charge in [-0.1, -0.05) is 6.92 Å². The monoisotopic (exact) mass is 246 g/mol. The largest absolute Gasteiger partial charge is 0.379 e. The maximum Gasteiger partial charge on any atom is 0.0620 e. The van der Waals surface area contributed by atoms with Crippen LogP contribution in [0.2, 0.25) is 0 Å². The van der Waals surface area contributed by atoms with Crippen LogP contribution in [0.4, 0.5) is 0 Å². The van der Waals surface area contributed by atoms with Gasteiger partial charge in [0.2, 0.25) is 0 Å². The van der Waals surface area contributed by atoms with E-state index in [9.17, 15) is 0 Å². The molecule has 1 saturated heterocycles. The van der Waals surface area contributed by atoms with E-state index < -0.39 is 0 Å². The fourth-order valence-corrected chi connectivity index (χ4v) is 2.71. The first-order chi connectivity index (χ1) is 7.72. The van der Waals surface area contributed by atoms with E-state index >= 15 is 0 Å². The van der Waals surface area contributed by atoms with Crippen molar-refractivity contribution < 1.29 is 4.74 Å². The fraction of sp³-hybridized carbons (Fsp3) is 1.00. The minimum Gasteiger partial charge on any atom is -0.379 e. The fourth-order valence-electron chi connectivity index (χ4n) is 2.03. The average Bonchev–Trinajstić information content (AvgIpc) is 2.28. The highest BCUT2D eigenvalue weighted by Gasteiger charge is 2.16. The number of rotatable bonds is 7. The van der Waals surface area contributed by atoms with Crippen LogP contribution in [0.25, 0.3) is 0 Å². The molecule has 0 aromatic heterocycles. The summed E-state index contributed by atoms with van der Waals surface area (Å²) in [5.74, 6) is 2.00. The number of hydrogen-bond donors (Lipinski definition) is 2. The molecule has 16 heavy (non-hydrogen) atoms. The second kappa shape index (κ2) is 8.34. The zero-order chi connectivity index (χ0) is 11.8. The summed E-state index contributed by atoms with van der Waals surface area (Å²) in [6.45, 7) is 8.42. The van der Waals surface area contributed by atoms with Gasteiger partial charge < -0.3 is 15.4 Å². The average molecular weight is 246 g/mol. The van der Waals surface area contributed by atoms with E-state index in [-0.39, 0.29) is 0 Å². The van der Waals surface area contributed by atoms with Gasteiger partial charge in [-0.25, -0.2) is 0 Å². The van der Waals surface area contributed by atoms with Gasteiger partial charge in [0.15, 0.2) is 0 Å². The highest BCUT2D eigenvalue weighted by Crippen LogP contribution is 2.06. The van der Waals surface area contributed by atoms with Crippen LogP contribution in [0.1, 0.15) is 20.3 Å². The summed E-state index contributed by atoms with van der Waals surface area (Å²) >= 11 is 1.92. The zero-order valence-corrected chi connectivity index (χ0v) is 11.6. The van der Waals surface area contributed by atoms with Gasteiger partial charge in [-0.15, -0.1) is 0 Å². The maximum atomic E-state index is 5.45. The third-order valence-corrected chi connectivity index (χ3v) is 3.80. The molecule has 1 rings (SSSR count). The van der Waals surface area contributed by atoms with Gasteiger partial charge in [-0.05, 0) is 37.8 Å². The summed E-state index contributed by atoms with van der Waals surface area (Å²) in [5.41, 5.74) is 0. The third kappa shape index (κ3) is 6.09. The van der Waals surface area contributed by atoms with Crippen LogP contribution in [0, 0.1) is 5.92 Å². The molecule has 1 fully saturated rings. The molecule has 3 unspecified atom stereocenters. The van der Waals surface area contributed by atoms with Gasteiger partial charge in [-0.3, -0.25) is 0 Å². The number of nitrogens with one attached hydrogen (secondary N) is 2. The first-order valence-corrected chi connectivity index (χ1v) is 7.65. The van der Waals surface area contributed by atoms with Gasteiger partial charge in [-0.2, -0.15) is 11.8 Å². The lowest BCUT2D eigenvalue weighted by Crippen LogP contribution is -2.45. The Morgan fingerprint density at radius 3 is 2.94 bits per heavy atom. The molecule has 0 aromatic rings. The first-order valence-electron chi connectivity index (χ1n) is 6.25. The lowest BCUT2D eigenvalue weighted by molar-refractivity contribution is 0.0711. The van der Waals surface area contributed by atoms with E-state index in [1.54, 1.807) is 0 Å². The molecule has 2 N–H and O–H groups in total. The molecule has 0 aromatic carbocycles. The van der Waals surface area contributed by atoms with Crippen molar-refractivity contribution in [1.29, 1.82) is 0 Å². The summed E-state index contributed by atoms with van der Waals surface area (Å²) in [6, 6.07) is 1.11. The van der Waals surface area contributed by atoms with Crippen molar-refractivity contribution in [2.24, 2.45) is 5.92 Å². The Labute approximate surface area is 104 Å². The SMILES string of the molecule is CSCC(C)CNC(C)CC1COCCN1. The minimum atomic E-state index is 0.534. The molecular weight excluding hydrogens is 220 g/mol. The van der Waals surface area contributed by atoms with Crippen molar-refractivity contribution in [2.75, 3.05) is 38.3 Å². The van der Waals surface area contributed by atoms with Crippen LogP contribution in [-0.2, 0) is 4.74 Å². The number of morpholine rings is 1. The van der Waals surface area contributed by atoms with Crippen molar-refractivity contribution in [3.8, 4) is 0 Å². The maximum absolute atomic E-state index is 5.45. The van der Waals surface area contributed by atoms with Crippen LogP contribution in [0.3, 0.4) is 0 Å². The van der Waals surface area contributed by atoms with Crippen LogP contribution in [0.5, 0.6) is 0 Å². The second-order valence-electron chi connectivity index (χ2n) is 4.83. The molecule has 3 nitrogen and oxygen atoms in total. The lowest BCUT2D eigenvalue weighted by Gasteiger charge is -2.27. The topological polar surface area (TPSA) is 33.3 Å². The Bertz CT molecular complexity index is 174. The van der Waals surface area contributed by atoms with Crippen molar-refractivity contribution in [3.05, 3.63) is 0 Å². The third-order valence-electron chi connectivity index (χ3n) is 2.90. The molecule has 96 valence electrons. The predicted molar refractivity (Wildman–Crippen MR) is 72.2 cm³/mol. The van der Waals surface area contributed by atoms with Crippen LogP contribution in [0.15, 0.2) is 0 Å². The second-order valence-corrected chi connectivity index (χ2v) is 5.74. The van der Waals surface area contributed by atoms with E-state index in [0.29, 0.717) is 12.1 Å². The van der Waals surface area contributed by atoms with E-state index in [0.717, 1.165) is 38.6 Å². The van der Waals surface area contributed by atoms with Gasteiger partial charge in [0, 0.05) is 18.6 Å². The quantitative estimate of drug-likeness (QED) is 0.710. The smallest absolute Gasteiger partial charge is 0.0620 e. The van der Waals surface area contributed by atoms with Crippen molar-refractivity contribution >= 4 is 11.8 Å². The molecule has 0 amide bonds. The van der Waals surface area contributed by atoms with Crippen LogP contribution >= 0.6 is 11.8 Å². The standard InChI is InChI=1S/C12H26N2OS/c1-10(9-16-3)7-14-11(2)6-12-8-15-5-4-13-12/h10-14H,4-9H2,1-3H3. The Morgan fingerprint density at radius 2 is 2.31 bits per heavy atom. The molecule has 0 aliphatic carbocycles. The Hall–Kier alpha value is 0.230. The Balaban J connectivity index is 2.07. The molecule has 0 saturated carbocycles. The Morgan fingerprint density at radius 1 is 1.50 bits per heavy atom. The number of hydrogen-bond acceptors (Lipinski definition) is 4. The van der Waals surface area contributed by atoms with Crippen LogP contribution in [-0.4, -0.2) is 50.4 Å². The number of thioether (sulfide) groups is 1. The van der Waals surface area contributed by atoms with Gasteiger partial charge in [0.25, 0.3) is 0 Å². The summed E-state index contributed by atoms with van der Waals surface area (Å²) in [7, 11) is 0. The molecule has 3 atom stereocenters. The summed E-state index contributed by atoms with van der Waals surface area (Å²) in [4.78, 5) is 0. The summed E-state index contributed by atoms with van der Waals surface area (Å²) in [5, 5.41) is 7.10. The molecule has 0 radical (unpaired) electrons. The minimum absolute atomic E-state index is 0.534. The first kappa shape index (κ1) is 14.3. The normalized spacial score (nSPS) is 25.3. The van der Waals surface area contributed by atoms with Crippen molar-refractivity contribution in [1.82, 2.24) is 10.6 Å². The van der Waals surface area contributed by atoms with Crippen molar-refractivity contribution in [2.45, 2.75) is 32.4 Å². The molecular formula is C12H26N2OS. The van der Waals surface area contributed by atoms with Gasteiger partial charge in [0.1, 0.15) is 0 Å². The van der Waals surface area contributed by atoms with E-state index in [2.05, 4.69) is 30.7 Å². The summed E-state index contributed by atoms with van der Waals surface area (Å²) < 4.78 is 5.45. The number of ether oxygens (including phenoxy) is 1. The highest BCUT2D eigenvalue weighted by atomic mass is 32.2. The predicted octanol–water partition coefficient (Wildman–Crippen LogP) is 1.34. The van der Waals surface area contributed by atoms with E-state index in [4.69, 9.17) is 4.74 Å². The molecule has 0 bridgehead atoms. The van der Waals surface area contributed by atoms with E-state index in [1.165, 1.54) is 5.75 Å². The van der Waals surface area contributed by atoms with Crippen molar-refractivity contribution in [3.63, 3.8) is 0 Å². The Kier molecular flexibility index (Phi) is 7.45. The molecule has 1 aliphatic heterocycles.